The number of hydrogen-bond donors (Lipinski definition) is 1. The van der Waals surface area contributed by atoms with Gasteiger partial charge in [0.05, 0.1) is 17.3 Å². The second kappa shape index (κ2) is 5.82. The Labute approximate surface area is 117 Å². The van der Waals surface area contributed by atoms with Crippen LogP contribution in [0.25, 0.3) is 11.3 Å². The van der Waals surface area contributed by atoms with Crippen LogP contribution in [0, 0.1) is 0 Å². The lowest BCUT2D eigenvalue weighted by atomic mass is 10.0. The topological polar surface area (TPSA) is 48.1 Å². The summed E-state index contributed by atoms with van der Waals surface area (Å²) in [6.45, 7) is 2.28. The van der Waals surface area contributed by atoms with Gasteiger partial charge in [-0.15, -0.1) is 11.3 Å². The molecule has 0 bridgehead atoms. The highest BCUT2D eigenvalue weighted by Crippen LogP contribution is 2.31. The quantitative estimate of drug-likeness (QED) is 0.935. The Hall–Kier alpha value is -1.23. The Morgan fingerprint density at radius 3 is 3.16 bits per heavy atom. The van der Waals surface area contributed by atoms with Gasteiger partial charge in [0.25, 0.3) is 0 Å². The highest BCUT2D eigenvalue weighted by molar-refractivity contribution is 7.10. The van der Waals surface area contributed by atoms with Crippen LogP contribution in [-0.2, 0) is 11.3 Å². The molecule has 4 heteroatoms. The summed E-state index contributed by atoms with van der Waals surface area (Å²) in [5, 5.41) is 3.34. The predicted molar refractivity (Wildman–Crippen MR) is 78.2 cm³/mol. The summed E-state index contributed by atoms with van der Waals surface area (Å²) in [4.78, 5) is 4.78. The van der Waals surface area contributed by atoms with E-state index in [0.29, 0.717) is 12.5 Å². The highest BCUT2D eigenvalue weighted by Gasteiger charge is 2.19. The Balaban J connectivity index is 1.83. The Morgan fingerprint density at radius 1 is 1.42 bits per heavy atom. The van der Waals surface area contributed by atoms with Crippen molar-refractivity contribution in [2.24, 2.45) is 5.73 Å². The summed E-state index contributed by atoms with van der Waals surface area (Å²) >= 11 is 1.74. The lowest BCUT2D eigenvalue weighted by Gasteiger charge is -2.19. The van der Waals surface area contributed by atoms with Crippen LogP contribution in [0.4, 0.5) is 0 Å². The molecule has 0 radical (unpaired) electrons. The van der Waals surface area contributed by atoms with Gasteiger partial charge in [-0.25, -0.2) is 4.98 Å². The van der Waals surface area contributed by atoms with Crippen LogP contribution in [0.1, 0.15) is 29.3 Å². The van der Waals surface area contributed by atoms with Gasteiger partial charge in [-0.2, -0.15) is 0 Å². The van der Waals surface area contributed by atoms with E-state index in [4.69, 9.17) is 15.5 Å². The standard InChI is InChI=1S/C15H18N2OS/c16-8-11-3-1-4-12(7-11)14-10-19-15(17-14)13-5-2-6-18-9-13/h1,3-4,7,10,13H,2,5-6,8-9,16H2. The van der Waals surface area contributed by atoms with E-state index in [1.807, 2.05) is 12.1 Å². The lowest BCUT2D eigenvalue weighted by molar-refractivity contribution is 0.0804. The molecule has 1 saturated heterocycles. The van der Waals surface area contributed by atoms with Crippen LogP contribution in [0.5, 0.6) is 0 Å². The summed E-state index contributed by atoms with van der Waals surface area (Å²) in [5.74, 6) is 0.477. The summed E-state index contributed by atoms with van der Waals surface area (Å²) in [7, 11) is 0. The van der Waals surface area contributed by atoms with Crippen molar-refractivity contribution in [1.29, 1.82) is 0 Å². The Kier molecular flexibility index (Phi) is 3.92. The van der Waals surface area contributed by atoms with Crippen LogP contribution in [0.3, 0.4) is 0 Å². The molecule has 2 aromatic rings. The number of thiazole rings is 1. The van der Waals surface area contributed by atoms with Gasteiger partial charge < -0.3 is 10.5 Å². The van der Waals surface area contributed by atoms with E-state index in [2.05, 4.69) is 17.5 Å². The molecule has 100 valence electrons. The van der Waals surface area contributed by atoms with Crippen molar-refractivity contribution in [3.63, 3.8) is 0 Å². The number of rotatable bonds is 3. The first kappa shape index (κ1) is 12.8. The molecule has 2 N–H and O–H groups in total. The maximum absolute atomic E-state index is 5.68. The van der Waals surface area contributed by atoms with E-state index in [9.17, 15) is 0 Å². The average molecular weight is 274 g/mol. The van der Waals surface area contributed by atoms with E-state index in [0.717, 1.165) is 36.5 Å². The highest BCUT2D eigenvalue weighted by atomic mass is 32.1. The average Bonchev–Trinajstić information content (AvgIpc) is 2.98. The van der Waals surface area contributed by atoms with Crippen molar-refractivity contribution in [3.8, 4) is 11.3 Å². The first-order valence-corrected chi connectivity index (χ1v) is 7.57. The minimum atomic E-state index is 0.477. The van der Waals surface area contributed by atoms with Crippen molar-refractivity contribution in [1.82, 2.24) is 4.98 Å². The molecule has 1 atom stereocenters. The monoisotopic (exact) mass is 274 g/mol. The Bertz CT molecular complexity index is 547. The van der Waals surface area contributed by atoms with Crippen molar-refractivity contribution in [2.45, 2.75) is 25.3 Å². The molecular formula is C15H18N2OS. The van der Waals surface area contributed by atoms with Crippen LogP contribution >= 0.6 is 11.3 Å². The maximum atomic E-state index is 5.68. The first-order valence-electron chi connectivity index (χ1n) is 6.69. The molecule has 1 aromatic heterocycles. The number of nitrogens with two attached hydrogens (primary N) is 1. The van der Waals surface area contributed by atoms with E-state index >= 15 is 0 Å². The zero-order valence-electron chi connectivity index (χ0n) is 10.8. The van der Waals surface area contributed by atoms with Gasteiger partial charge in [0.15, 0.2) is 0 Å². The van der Waals surface area contributed by atoms with E-state index < -0.39 is 0 Å². The molecule has 3 nitrogen and oxygen atoms in total. The molecule has 1 unspecified atom stereocenters. The third kappa shape index (κ3) is 2.86. The molecule has 1 fully saturated rings. The predicted octanol–water partition coefficient (Wildman–Crippen LogP) is 3.16. The molecule has 0 saturated carbocycles. The van der Waals surface area contributed by atoms with Crippen LogP contribution in [0.2, 0.25) is 0 Å². The van der Waals surface area contributed by atoms with Crippen molar-refractivity contribution in [2.75, 3.05) is 13.2 Å². The smallest absolute Gasteiger partial charge is 0.0986 e. The second-order valence-corrected chi connectivity index (χ2v) is 5.78. The molecule has 0 aliphatic carbocycles. The molecular weight excluding hydrogens is 256 g/mol. The SMILES string of the molecule is NCc1cccc(-c2csc(C3CCCOC3)n2)c1. The maximum Gasteiger partial charge on any atom is 0.0986 e. The van der Waals surface area contributed by atoms with Gasteiger partial charge in [0, 0.05) is 30.0 Å². The molecule has 1 aromatic carbocycles. The van der Waals surface area contributed by atoms with E-state index in [1.165, 1.54) is 11.4 Å². The van der Waals surface area contributed by atoms with Gasteiger partial charge in [-0.1, -0.05) is 18.2 Å². The van der Waals surface area contributed by atoms with Gasteiger partial charge in [0.1, 0.15) is 0 Å². The van der Waals surface area contributed by atoms with Crippen LogP contribution < -0.4 is 5.73 Å². The van der Waals surface area contributed by atoms with Crippen molar-refractivity contribution < 1.29 is 4.74 Å². The fourth-order valence-electron chi connectivity index (χ4n) is 2.40. The fourth-order valence-corrected chi connectivity index (χ4v) is 3.35. The Morgan fingerprint density at radius 2 is 2.37 bits per heavy atom. The largest absolute Gasteiger partial charge is 0.381 e. The van der Waals surface area contributed by atoms with Crippen molar-refractivity contribution >= 4 is 11.3 Å². The minimum Gasteiger partial charge on any atom is -0.381 e. The van der Waals surface area contributed by atoms with Crippen molar-refractivity contribution in [3.05, 3.63) is 40.2 Å². The number of hydrogen-bond acceptors (Lipinski definition) is 4. The third-order valence-electron chi connectivity index (χ3n) is 3.49. The third-order valence-corrected chi connectivity index (χ3v) is 4.50. The zero-order valence-corrected chi connectivity index (χ0v) is 11.7. The van der Waals surface area contributed by atoms with E-state index in [-0.39, 0.29) is 0 Å². The summed E-state index contributed by atoms with van der Waals surface area (Å²) in [6, 6.07) is 8.30. The van der Waals surface area contributed by atoms with E-state index in [1.54, 1.807) is 11.3 Å². The van der Waals surface area contributed by atoms with Gasteiger partial charge in [0.2, 0.25) is 0 Å². The summed E-state index contributed by atoms with van der Waals surface area (Å²) in [5.41, 5.74) is 9.04. The summed E-state index contributed by atoms with van der Waals surface area (Å²) in [6.07, 6.45) is 2.33. The van der Waals surface area contributed by atoms with Crippen LogP contribution in [-0.4, -0.2) is 18.2 Å². The van der Waals surface area contributed by atoms with Gasteiger partial charge >= 0.3 is 0 Å². The molecule has 1 aliphatic heterocycles. The molecule has 0 amide bonds. The molecule has 0 spiro atoms. The van der Waals surface area contributed by atoms with Gasteiger partial charge in [-0.3, -0.25) is 0 Å². The molecule has 2 heterocycles. The number of ether oxygens (including phenoxy) is 1. The minimum absolute atomic E-state index is 0.477. The number of aromatic nitrogens is 1. The molecule has 19 heavy (non-hydrogen) atoms. The van der Waals surface area contributed by atoms with Gasteiger partial charge in [-0.05, 0) is 24.5 Å². The van der Waals surface area contributed by atoms with Crippen LogP contribution in [0.15, 0.2) is 29.6 Å². The lowest BCUT2D eigenvalue weighted by Crippen LogP contribution is -2.15. The first-order chi connectivity index (χ1) is 9.36. The number of nitrogens with zero attached hydrogens (tertiary/aromatic N) is 1. The second-order valence-electron chi connectivity index (χ2n) is 4.89. The zero-order chi connectivity index (χ0) is 13.1. The molecule has 1 aliphatic rings. The summed E-state index contributed by atoms with van der Waals surface area (Å²) < 4.78 is 5.54. The number of benzene rings is 1. The fraction of sp³-hybridized carbons (Fsp3) is 0.400. The normalized spacial score (nSPS) is 19.5. The molecule has 3 rings (SSSR count).